The Labute approximate surface area is 169 Å². The van der Waals surface area contributed by atoms with Crippen LogP contribution >= 0.6 is 11.3 Å². The summed E-state index contributed by atoms with van der Waals surface area (Å²) in [7, 11) is 2.99. The first kappa shape index (κ1) is 20.2. The van der Waals surface area contributed by atoms with E-state index >= 15 is 0 Å². The molecule has 1 heterocycles. The molecule has 3 rings (SSSR count). The number of amides is 2. The van der Waals surface area contributed by atoms with Crippen LogP contribution in [-0.4, -0.2) is 36.2 Å². The number of nitrogens with zero attached hydrogens (tertiary/aromatic N) is 2. The normalized spacial score (nSPS) is 10.3. The Kier molecular flexibility index (Phi) is 6.35. The number of halogens is 1. The van der Waals surface area contributed by atoms with Crippen LogP contribution in [0.2, 0.25) is 0 Å². The molecule has 8 nitrogen and oxygen atoms in total. The Morgan fingerprint density at radius 1 is 1.00 bits per heavy atom. The van der Waals surface area contributed by atoms with Gasteiger partial charge in [0.15, 0.2) is 0 Å². The number of carbonyl (C=O) groups is 2. The number of carbonyl (C=O) groups excluding carboxylic acids is 2. The fourth-order valence-electron chi connectivity index (χ4n) is 2.33. The Hall–Kier alpha value is -3.53. The smallest absolute Gasteiger partial charge is 0.286 e. The first-order valence-corrected chi connectivity index (χ1v) is 9.20. The van der Waals surface area contributed by atoms with Crippen LogP contribution in [0.25, 0.3) is 0 Å². The topological polar surface area (TPSA) is 102 Å². The van der Waals surface area contributed by atoms with Crippen molar-refractivity contribution in [3.05, 3.63) is 63.9 Å². The van der Waals surface area contributed by atoms with E-state index in [1.165, 1.54) is 38.5 Å². The summed E-state index contributed by atoms with van der Waals surface area (Å²) < 4.78 is 23.2. The minimum absolute atomic E-state index is 0.0971. The molecule has 0 aliphatic rings. The molecule has 0 spiro atoms. The van der Waals surface area contributed by atoms with E-state index in [4.69, 9.17) is 9.47 Å². The Morgan fingerprint density at radius 3 is 2.28 bits per heavy atom. The summed E-state index contributed by atoms with van der Waals surface area (Å²) in [6.45, 7) is 0.0971. The molecule has 2 amide bonds. The molecule has 0 atom stereocenters. The maximum absolute atomic E-state index is 12.9. The zero-order chi connectivity index (χ0) is 20.8. The summed E-state index contributed by atoms with van der Waals surface area (Å²) in [5.74, 6) is -0.236. The maximum Gasteiger partial charge on any atom is 0.286 e. The van der Waals surface area contributed by atoms with E-state index in [0.29, 0.717) is 27.8 Å². The third-order valence-electron chi connectivity index (χ3n) is 3.78. The molecule has 0 fully saturated rings. The molecular formula is C19H17FN4O4S. The lowest BCUT2D eigenvalue weighted by Crippen LogP contribution is -2.22. The quantitative estimate of drug-likeness (QED) is 0.614. The van der Waals surface area contributed by atoms with Crippen molar-refractivity contribution in [3.63, 3.8) is 0 Å². The van der Waals surface area contributed by atoms with Gasteiger partial charge in [0.2, 0.25) is 5.01 Å². The monoisotopic (exact) mass is 416 g/mol. The molecule has 29 heavy (non-hydrogen) atoms. The van der Waals surface area contributed by atoms with Gasteiger partial charge in [-0.2, -0.15) is 0 Å². The van der Waals surface area contributed by atoms with Crippen molar-refractivity contribution in [2.75, 3.05) is 19.5 Å². The number of rotatable bonds is 7. The van der Waals surface area contributed by atoms with Crippen molar-refractivity contribution >= 4 is 28.8 Å². The molecule has 2 aromatic carbocycles. The number of hydrogen-bond acceptors (Lipinski definition) is 7. The summed E-state index contributed by atoms with van der Waals surface area (Å²) in [4.78, 5) is 24.6. The van der Waals surface area contributed by atoms with Crippen LogP contribution in [0.5, 0.6) is 11.5 Å². The van der Waals surface area contributed by atoms with Crippen LogP contribution < -0.4 is 20.1 Å². The summed E-state index contributed by atoms with van der Waals surface area (Å²) in [6, 6.07) is 10.2. The number of hydrogen-bond donors (Lipinski definition) is 2. The van der Waals surface area contributed by atoms with Gasteiger partial charge in [-0.1, -0.05) is 11.3 Å². The van der Waals surface area contributed by atoms with Crippen molar-refractivity contribution in [1.82, 2.24) is 15.5 Å². The zero-order valence-corrected chi connectivity index (χ0v) is 16.4. The highest BCUT2D eigenvalue weighted by molar-refractivity contribution is 7.13. The second-order valence-corrected chi connectivity index (χ2v) is 6.81. The predicted octanol–water partition coefficient (Wildman–Crippen LogP) is 2.88. The third kappa shape index (κ3) is 5.26. The first-order chi connectivity index (χ1) is 14.0. The van der Waals surface area contributed by atoms with Crippen molar-refractivity contribution in [2.24, 2.45) is 0 Å². The fourth-order valence-corrected chi connectivity index (χ4v) is 3.01. The number of aromatic nitrogens is 2. The van der Waals surface area contributed by atoms with E-state index in [-0.39, 0.29) is 17.5 Å². The van der Waals surface area contributed by atoms with E-state index in [9.17, 15) is 14.0 Å². The molecule has 0 radical (unpaired) electrons. The van der Waals surface area contributed by atoms with Gasteiger partial charge >= 0.3 is 0 Å². The second kappa shape index (κ2) is 9.11. The molecule has 2 N–H and O–H groups in total. The van der Waals surface area contributed by atoms with Gasteiger partial charge in [0.05, 0.1) is 20.8 Å². The van der Waals surface area contributed by atoms with Gasteiger partial charge in [-0.25, -0.2) is 4.39 Å². The van der Waals surface area contributed by atoms with Gasteiger partial charge in [0.1, 0.15) is 22.3 Å². The Balaban J connectivity index is 1.60. The molecule has 0 aliphatic carbocycles. The van der Waals surface area contributed by atoms with Gasteiger partial charge in [-0.3, -0.25) is 9.59 Å². The summed E-state index contributed by atoms with van der Waals surface area (Å²) >= 11 is 1.04. The lowest BCUT2D eigenvalue weighted by atomic mass is 10.2. The number of ether oxygens (including phenoxy) is 2. The van der Waals surface area contributed by atoms with Gasteiger partial charge < -0.3 is 20.1 Å². The fraction of sp³-hybridized carbons (Fsp3) is 0.158. The molecule has 10 heteroatoms. The van der Waals surface area contributed by atoms with Gasteiger partial charge in [-0.05, 0) is 36.4 Å². The molecule has 1 aromatic heterocycles. The van der Waals surface area contributed by atoms with Crippen LogP contribution in [-0.2, 0) is 6.54 Å². The van der Waals surface area contributed by atoms with Crippen molar-refractivity contribution < 1.29 is 23.5 Å². The van der Waals surface area contributed by atoms with Gasteiger partial charge in [0.25, 0.3) is 11.8 Å². The molecular weight excluding hydrogens is 399 g/mol. The van der Waals surface area contributed by atoms with Crippen molar-refractivity contribution in [3.8, 4) is 11.5 Å². The Morgan fingerprint density at radius 2 is 1.66 bits per heavy atom. The highest BCUT2D eigenvalue weighted by Crippen LogP contribution is 2.22. The minimum Gasteiger partial charge on any atom is -0.497 e. The molecule has 0 saturated heterocycles. The number of benzene rings is 2. The van der Waals surface area contributed by atoms with E-state index in [1.807, 2.05) is 0 Å². The lowest BCUT2D eigenvalue weighted by Gasteiger charge is -2.08. The van der Waals surface area contributed by atoms with Crippen LogP contribution in [0.3, 0.4) is 0 Å². The predicted molar refractivity (Wildman–Crippen MR) is 105 cm³/mol. The van der Waals surface area contributed by atoms with Crippen LogP contribution in [0.4, 0.5) is 10.1 Å². The Bertz CT molecular complexity index is 1000. The van der Waals surface area contributed by atoms with E-state index in [0.717, 1.165) is 11.3 Å². The molecule has 0 unspecified atom stereocenters. The average Bonchev–Trinajstić information content (AvgIpc) is 3.22. The standard InChI is InChI=1S/C19H17FN4O4S/c1-27-14-7-11(8-15(9-14)28-2)17(25)21-10-16-23-24-19(29-16)18(26)22-13-5-3-12(20)4-6-13/h3-9H,10H2,1-2H3,(H,21,25)(H,22,26). The van der Waals surface area contributed by atoms with E-state index in [1.54, 1.807) is 18.2 Å². The lowest BCUT2D eigenvalue weighted by molar-refractivity contribution is 0.0949. The van der Waals surface area contributed by atoms with E-state index < -0.39 is 11.7 Å². The van der Waals surface area contributed by atoms with Gasteiger partial charge in [0, 0.05) is 17.3 Å². The molecule has 0 aliphatic heterocycles. The summed E-state index contributed by atoms with van der Waals surface area (Å²) in [5.41, 5.74) is 0.799. The molecule has 150 valence electrons. The summed E-state index contributed by atoms with van der Waals surface area (Å²) in [5, 5.41) is 13.6. The highest BCUT2D eigenvalue weighted by atomic mass is 32.1. The molecule has 0 saturated carbocycles. The van der Waals surface area contributed by atoms with E-state index in [2.05, 4.69) is 20.8 Å². The summed E-state index contributed by atoms with van der Waals surface area (Å²) in [6.07, 6.45) is 0. The largest absolute Gasteiger partial charge is 0.497 e. The number of anilines is 1. The zero-order valence-electron chi connectivity index (χ0n) is 15.6. The first-order valence-electron chi connectivity index (χ1n) is 8.39. The van der Waals surface area contributed by atoms with Gasteiger partial charge in [-0.15, -0.1) is 10.2 Å². The molecule has 0 bridgehead atoms. The minimum atomic E-state index is -0.468. The highest BCUT2D eigenvalue weighted by Gasteiger charge is 2.15. The number of nitrogens with one attached hydrogen (secondary N) is 2. The SMILES string of the molecule is COc1cc(OC)cc(C(=O)NCc2nnc(C(=O)Nc3ccc(F)cc3)s2)c1. The number of methoxy groups -OCH3 is 2. The third-order valence-corrected chi connectivity index (χ3v) is 4.70. The average molecular weight is 416 g/mol. The van der Waals surface area contributed by atoms with Crippen molar-refractivity contribution in [2.45, 2.75) is 6.54 Å². The van der Waals surface area contributed by atoms with Crippen LogP contribution in [0.15, 0.2) is 42.5 Å². The maximum atomic E-state index is 12.9. The van der Waals surface area contributed by atoms with Crippen LogP contribution in [0, 0.1) is 5.82 Å². The van der Waals surface area contributed by atoms with Crippen LogP contribution in [0.1, 0.15) is 25.2 Å². The second-order valence-electron chi connectivity index (χ2n) is 5.75. The molecule has 3 aromatic rings. The van der Waals surface area contributed by atoms with Crippen molar-refractivity contribution in [1.29, 1.82) is 0 Å².